The molecule has 1 aliphatic heterocycles. The highest BCUT2D eigenvalue weighted by Gasteiger charge is 2.44. The zero-order chi connectivity index (χ0) is 16.8. The van der Waals surface area contributed by atoms with Crippen molar-refractivity contribution >= 4 is 13.8 Å². The lowest BCUT2D eigenvalue weighted by Crippen LogP contribution is -2.34. The molecule has 0 amide bonds. The second kappa shape index (κ2) is 8.50. The molecule has 0 aromatic carbocycles. The van der Waals surface area contributed by atoms with Gasteiger partial charge in [-0.25, -0.2) is 9.36 Å². The SMILES string of the molecule is CCCOC1=C(OCCC)[C@@H]([C@H](CO)OP(=O)(O)O)OC1=O. The fraction of sp³-hybridized carbons (Fsp3) is 0.750. The van der Waals surface area contributed by atoms with Gasteiger partial charge >= 0.3 is 13.8 Å². The molecule has 3 N–H and O–H groups in total. The first-order valence-corrected chi connectivity index (χ1v) is 8.42. The summed E-state index contributed by atoms with van der Waals surface area (Å²) in [5.41, 5.74) is 0. The van der Waals surface area contributed by atoms with Crippen LogP contribution >= 0.6 is 7.82 Å². The summed E-state index contributed by atoms with van der Waals surface area (Å²) in [5.74, 6) is -1.00. The zero-order valence-corrected chi connectivity index (χ0v) is 13.3. The van der Waals surface area contributed by atoms with E-state index in [1.807, 2.05) is 13.8 Å². The summed E-state index contributed by atoms with van der Waals surface area (Å²) in [6.07, 6.45) is -1.46. The van der Waals surface area contributed by atoms with Crippen LogP contribution in [-0.2, 0) is 28.1 Å². The lowest BCUT2D eigenvalue weighted by molar-refractivity contribution is -0.148. The van der Waals surface area contributed by atoms with Crippen LogP contribution < -0.4 is 0 Å². The first-order chi connectivity index (χ1) is 10.3. The van der Waals surface area contributed by atoms with E-state index in [0.717, 1.165) is 0 Å². The standard InChI is InChI=1S/C12H21O9P/c1-3-5-18-10-9(8(7-13)21-22(15,16)17)20-12(14)11(10)19-6-4-2/h8-9,13H,3-7H2,1-2H3,(H2,15,16,17)/t8-,9+/m0/s1. The third kappa shape index (κ3) is 5.26. The van der Waals surface area contributed by atoms with Gasteiger partial charge in [0.25, 0.3) is 0 Å². The lowest BCUT2D eigenvalue weighted by atomic mass is 10.2. The molecule has 0 saturated carbocycles. The van der Waals surface area contributed by atoms with E-state index in [0.29, 0.717) is 12.8 Å². The quantitative estimate of drug-likeness (QED) is 0.383. The van der Waals surface area contributed by atoms with Crippen molar-refractivity contribution in [2.75, 3.05) is 19.8 Å². The molecule has 0 aliphatic carbocycles. The van der Waals surface area contributed by atoms with Crippen LogP contribution in [-0.4, -0.2) is 52.9 Å². The van der Waals surface area contributed by atoms with E-state index in [9.17, 15) is 14.5 Å². The minimum Gasteiger partial charge on any atom is -0.490 e. The minimum atomic E-state index is -4.87. The number of cyclic esters (lactones) is 1. The normalized spacial score (nSPS) is 20.0. The molecule has 1 heterocycles. The third-order valence-corrected chi connectivity index (χ3v) is 3.15. The Morgan fingerprint density at radius 3 is 2.32 bits per heavy atom. The number of aliphatic hydroxyl groups is 1. The maximum absolute atomic E-state index is 11.8. The number of carbonyl (C=O) groups is 1. The van der Waals surface area contributed by atoms with Gasteiger partial charge in [0.1, 0.15) is 6.10 Å². The van der Waals surface area contributed by atoms with Gasteiger partial charge in [0.05, 0.1) is 19.8 Å². The smallest absolute Gasteiger partial charge is 0.470 e. The molecule has 0 aromatic heterocycles. The molecule has 0 aromatic rings. The summed E-state index contributed by atoms with van der Waals surface area (Å²) in [5, 5.41) is 9.26. The van der Waals surface area contributed by atoms with E-state index in [1.54, 1.807) is 0 Å². The highest BCUT2D eigenvalue weighted by molar-refractivity contribution is 7.46. The van der Waals surface area contributed by atoms with Crippen LogP contribution in [0.3, 0.4) is 0 Å². The summed E-state index contributed by atoms with van der Waals surface area (Å²) in [4.78, 5) is 29.6. The number of hydrogen-bond donors (Lipinski definition) is 3. The predicted molar refractivity (Wildman–Crippen MR) is 73.4 cm³/mol. The zero-order valence-electron chi connectivity index (χ0n) is 12.4. The molecule has 0 fully saturated rings. The maximum Gasteiger partial charge on any atom is 0.470 e. The number of phosphoric ester groups is 1. The fourth-order valence-corrected chi connectivity index (χ4v) is 2.28. The Kier molecular flexibility index (Phi) is 7.31. The van der Waals surface area contributed by atoms with Crippen molar-refractivity contribution in [3.63, 3.8) is 0 Å². The average molecular weight is 340 g/mol. The molecular weight excluding hydrogens is 319 g/mol. The highest BCUT2D eigenvalue weighted by atomic mass is 31.2. The number of esters is 1. The van der Waals surface area contributed by atoms with Crippen molar-refractivity contribution in [1.82, 2.24) is 0 Å². The molecule has 0 spiro atoms. The maximum atomic E-state index is 11.8. The van der Waals surface area contributed by atoms with Crippen LogP contribution in [0.25, 0.3) is 0 Å². The monoisotopic (exact) mass is 340 g/mol. The van der Waals surface area contributed by atoms with Crippen molar-refractivity contribution in [3.05, 3.63) is 11.5 Å². The van der Waals surface area contributed by atoms with Crippen molar-refractivity contribution in [3.8, 4) is 0 Å². The topological polar surface area (TPSA) is 132 Å². The molecule has 22 heavy (non-hydrogen) atoms. The molecule has 0 bridgehead atoms. The van der Waals surface area contributed by atoms with Gasteiger partial charge in [-0.05, 0) is 12.8 Å². The van der Waals surface area contributed by atoms with Crippen LogP contribution in [0, 0.1) is 0 Å². The Bertz CT molecular complexity index is 456. The third-order valence-electron chi connectivity index (χ3n) is 2.60. The molecule has 0 unspecified atom stereocenters. The molecule has 1 aliphatic rings. The van der Waals surface area contributed by atoms with Crippen LogP contribution in [0.4, 0.5) is 0 Å². The number of carbonyl (C=O) groups excluding carboxylic acids is 1. The van der Waals surface area contributed by atoms with Crippen LogP contribution in [0.1, 0.15) is 26.7 Å². The Labute approximate surface area is 128 Å². The van der Waals surface area contributed by atoms with Crippen molar-refractivity contribution in [2.24, 2.45) is 0 Å². The molecule has 128 valence electrons. The van der Waals surface area contributed by atoms with Crippen molar-refractivity contribution < 1.29 is 43.0 Å². The molecule has 2 atom stereocenters. The molecule has 10 heteroatoms. The minimum absolute atomic E-state index is 0.0206. The van der Waals surface area contributed by atoms with Crippen LogP contribution in [0.15, 0.2) is 11.5 Å². The van der Waals surface area contributed by atoms with E-state index < -0.39 is 32.6 Å². The summed E-state index contributed by atoms with van der Waals surface area (Å²) >= 11 is 0. The molecule has 0 saturated heterocycles. The van der Waals surface area contributed by atoms with E-state index in [-0.39, 0.29) is 24.7 Å². The Morgan fingerprint density at radius 2 is 1.82 bits per heavy atom. The van der Waals surface area contributed by atoms with Gasteiger partial charge in [0.15, 0.2) is 11.9 Å². The van der Waals surface area contributed by atoms with Gasteiger partial charge in [0.2, 0.25) is 5.76 Å². The average Bonchev–Trinajstić information content (AvgIpc) is 2.75. The van der Waals surface area contributed by atoms with Gasteiger partial charge in [-0.3, -0.25) is 4.52 Å². The number of phosphoric acid groups is 1. The largest absolute Gasteiger partial charge is 0.490 e. The molecular formula is C12H21O9P. The molecule has 0 radical (unpaired) electrons. The summed E-state index contributed by atoms with van der Waals surface area (Å²) in [6.45, 7) is 3.41. The number of hydrogen-bond acceptors (Lipinski definition) is 7. The second-order valence-corrected chi connectivity index (χ2v) is 5.73. The summed E-state index contributed by atoms with van der Waals surface area (Å²) < 4.78 is 31.1. The van der Waals surface area contributed by atoms with Crippen LogP contribution in [0.2, 0.25) is 0 Å². The number of aliphatic hydroxyl groups excluding tert-OH is 1. The first-order valence-electron chi connectivity index (χ1n) is 6.89. The van der Waals surface area contributed by atoms with E-state index in [1.165, 1.54) is 0 Å². The molecule has 1 rings (SSSR count). The second-order valence-electron chi connectivity index (χ2n) is 4.53. The lowest BCUT2D eigenvalue weighted by Gasteiger charge is -2.23. The van der Waals surface area contributed by atoms with Gasteiger partial charge in [-0.15, -0.1) is 0 Å². The van der Waals surface area contributed by atoms with E-state index in [4.69, 9.17) is 24.0 Å². The van der Waals surface area contributed by atoms with Gasteiger partial charge in [0, 0.05) is 0 Å². The van der Waals surface area contributed by atoms with E-state index in [2.05, 4.69) is 4.52 Å². The first kappa shape index (κ1) is 18.9. The Morgan fingerprint density at radius 1 is 1.23 bits per heavy atom. The summed E-state index contributed by atoms with van der Waals surface area (Å²) in [6, 6.07) is 0. The van der Waals surface area contributed by atoms with Gasteiger partial charge < -0.3 is 29.1 Å². The Hall–Kier alpha value is -1.12. The van der Waals surface area contributed by atoms with Crippen molar-refractivity contribution in [2.45, 2.75) is 38.9 Å². The predicted octanol–water partition coefficient (Wildman–Crippen LogP) is 0.447. The van der Waals surface area contributed by atoms with Gasteiger partial charge in [-0.2, -0.15) is 0 Å². The Balaban J connectivity index is 3.02. The summed E-state index contributed by atoms with van der Waals surface area (Å²) in [7, 11) is -4.87. The van der Waals surface area contributed by atoms with Crippen LogP contribution in [0.5, 0.6) is 0 Å². The van der Waals surface area contributed by atoms with Crippen molar-refractivity contribution in [1.29, 1.82) is 0 Å². The van der Waals surface area contributed by atoms with E-state index >= 15 is 0 Å². The van der Waals surface area contributed by atoms with Gasteiger partial charge in [-0.1, -0.05) is 13.8 Å². The highest BCUT2D eigenvalue weighted by Crippen LogP contribution is 2.41. The fourth-order valence-electron chi connectivity index (χ4n) is 1.75. The molecule has 9 nitrogen and oxygen atoms in total. The number of rotatable bonds is 10. The number of ether oxygens (including phenoxy) is 3.